The Morgan fingerprint density at radius 1 is 1.00 bits per heavy atom. The Morgan fingerprint density at radius 3 is 2.50 bits per heavy atom. The van der Waals surface area contributed by atoms with Crippen LogP contribution in [-0.2, 0) is 5.41 Å². The molecule has 1 fully saturated rings. The number of hydrogen-bond donors (Lipinski definition) is 0. The molecule has 0 N–H and O–H groups in total. The number of fused-ring (bicyclic) bond motifs is 1. The van der Waals surface area contributed by atoms with Gasteiger partial charge < -0.3 is 0 Å². The first-order valence-corrected chi connectivity index (χ1v) is 8.65. The van der Waals surface area contributed by atoms with Crippen LogP contribution in [0.1, 0.15) is 24.2 Å². The fourth-order valence-corrected chi connectivity index (χ4v) is 3.65. The molecule has 1 saturated carbocycles. The lowest BCUT2D eigenvalue weighted by molar-refractivity contribution is 0.628. The van der Waals surface area contributed by atoms with E-state index in [1.165, 1.54) is 12.1 Å². The zero-order valence-electron chi connectivity index (χ0n) is 13.6. The van der Waals surface area contributed by atoms with Gasteiger partial charge in [0.1, 0.15) is 11.5 Å². The van der Waals surface area contributed by atoms with E-state index in [1.54, 1.807) is 22.8 Å². The molecule has 1 aliphatic carbocycles. The van der Waals surface area contributed by atoms with Gasteiger partial charge in [-0.2, -0.15) is 9.61 Å². The molecule has 26 heavy (non-hydrogen) atoms. The molecule has 0 amide bonds. The number of halogens is 2. The number of hydrogen-bond acceptors (Lipinski definition) is 4. The predicted octanol–water partition coefficient (Wildman–Crippen LogP) is 4.06. The van der Waals surface area contributed by atoms with Gasteiger partial charge in [-0.05, 0) is 48.7 Å². The standard InChI is InChI=1S/C19H13ClFN5/c20-15-4-2-1-3-14(15)19(9-10-19)17-23-24-18-22-11-16(25-26(17)18)12-5-7-13(21)8-6-12/h1-8,11H,9-10H2. The number of aromatic nitrogens is 5. The Hall–Kier alpha value is -2.86. The van der Waals surface area contributed by atoms with E-state index in [2.05, 4.69) is 20.3 Å². The third-order valence-corrected chi connectivity index (χ3v) is 5.17. The van der Waals surface area contributed by atoms with Crippen molar-refractivity contribution in [1.29, 1.82) is 0 Å². The van der Waals surface area contributed by atoms with Crippen LogP contribution in [0.5, 0.6) is 0 Å². The molecule has 0 atom stereocenters. The number of benzene rings is 2. The van der Waals surface area contributed by atoms with E-state index in [0.29, 0.717) is 16.5 Å². The van der Waals surface area contributed by atoms with E-state index in [4.69, 9.17) is 11.6 Å². The zero-order valence-corrected chi connectivity index (χ0v) is 14.4. The first-order chi connectivity index (χ1) is 12.7. The van der Waals surface area contributed by atoms with Crippen molar-refractivity contribution in [3.63, 3.8) is 0 Å². The fourth-order valence-electron chi connectivity index (χ4n) is 3.34. The summed E-state index contributed by atoms with van der Waals surface area (Å²) in [6.07, 6.45) is 3.48. The summed E-state index contributed by atoms with van der Waals surface area (Å²) < 4.78 is 14.9. The molecular weight excluding hydrogens is 353 g/mol. The van der Waals surface area contributed by atoms with Crippen molar-refractivity contribution in [1.82, 2.24) is 24.8 Å². The average molecular weight is 366 g/mol. The van der Waals surface area contributed by atoms with Gasteiger partial charge in [0.25, 0.3) is 5.78 Å². The molecule has 0 saturated heterocycles. The third kappa shape index (κ3) is 2.29. The van der Waals surface area contributed by atoms with Crippen molar-refractivity contribution in [2.45, 2.75) is 18.3 Å². The van der Waals surface area contributed by atoms with Crippen LogP contribution in [0.4, 0.5) is 4.39 Å². The van der Waals surface area contributed by atoms with Gasteiger partial charge in [0.05, 0.1) is 11.6 Å². The van der Waals surface area contributed by atoms with E-state index in [1.807, 2.05) is 24.3 Å². The van der Waals surface area contributed by atoms with Gasteiger partial charge in [0.15, 0.2) is 5.82 Å². The summed E-state index contributed by atoms with van der Waals surface area (Å²) in [5.41, 5.74) is 2.16. The highest BCUT2D eigenvalue weighted by molar-refractivity contribution is 6.31. The first kappa shape index (κ1) is 15.4. The van der Waals surface area contributed by atoms with Crippen LogP contribution < -0.4 is 0 Å². The van der Waals surface area contributed by atoms with E-state index < -0.39 is 0 Å². The minimum Gasteiger partial charge on any atom is -0.216 e. The Bertz CT molecular complexity index is 1120. The molecule has 0 bridgehead atoms. The predicted molar refractivity (Wildman–Crippen MR) is 95.4 cm³/mol. The van der Waals surface area contributed by atoms with Gasteiger partial charge in [-0.1, -0.05) is 29.8 Å². The molecule has 2 aromatic heterocycles. The van der Waals surface area contributed by atoms with Crippen molar-refractivity contribution >= 4 is 17.4 Å². The Labute approximate surface area is 153 Å². The molecule has 0 spiro atoms. The fraction of sp³-hybridized carbons (Fsp3) is 0.158. The molecule has 5 rings (SSSR count). The minimum absolute atomic E-state index is 0.284. The Kier molecular flexibility index (Phi) is 3.30. The highest BCUT2D eigenvalue weighted by atomic mass is 35.5. The SMILES string of the molecule is Fc1ccc(-c2cnc3nnc(C4(c5ccccc5Cl)CC4)n3n2)cc1. The molecule has 5 nitrogen and oxygen atoms in total. The largest absolute Gasteiger partial charge is 0.271 e. The summed E-state index contributed by atoms with van der Waals surface area (Å²) in [6, 6.07) is 14.0. The van der Waals surface area contributed by atoms with Crippen LogP contribution in [0.2, 0.25) is 5.02 Å². The minimum atomic E-state index is -0.288. The highest BCUT2D eigenvalue weighted by Crippen LogP contribution is 2.54. The molecule has 7 heteroatoms. The smallest absolute Gasteiger partial charge is 0.216 e. The number of nitrogens with zero attached hydrogens (tertiary/aromatic N) is 5. The molecule has 1 aliphatic rings. The van der Waals surface area contributed by atoms with Gasteiger partial charge in [-0.15, -0.1) is 10.2 Å². The summed E-state index contributed by atoms with van der Waals surface area (Å²) in [7, 11) is 0. The van der Waals surface area contributed by atoms with Crippen LogP contribution in [0.15, 0.2) is 54.7 Å². The quantitative estimate of drug-likeness (QED) is 0.549. The monoisotopic (exact) mass is 365 g/mol. The average Bonchev–Trinajstić information content (AvgIpc) is 3.34. The van der Waals surface area contributed by atoms with Crippen LogP contribution in [-0.4, -0.2) is 24.8 Å². The number of rotatable bonds is 3. The normalized spacial score (nSPS) is 15.3. The maximum atomic E-state index is 13.2. The lowest BCUT2D eigenvalue weighted by atomic mass is 9.95. The van der Waals surface area contributed by atoms with Gasteiger partial charge in [0, 0.05) is 10.6 Å². The molecule has 2 heterocycles. The summed E-state index contributed by atoms with van der Waals surface area (Å²) in [5, 5.41) is 13.9. The van der Waals surface area contributed by atoms with Crippen molar-refractivity contribution in [3.05, 3.63) is 77.0 Å². The topological polar surface area (TPSA) is 56.0 Å². The van der Waals surface area contributed by atoms with Gasteiger partial charge in [-0.25, -0.2) is 9.37 Å². The molecule has 0 unspecified atom stereocenters. The lowest BCUT2D eigenvalue weighted by Crippen LogP contribution is -2.15. The second-order valence-corrected chi connectivity index (χ2v) is 6.85. The molecule has 2 aromatic carbocycles. The Morgan fingerprint density at radius 2 is 1.77 bits per heavy atom. The van der Waals surface area contributed by atoms with E-state index in [-0.39, 0.29) is 11.2 Å². The second-order valence-electron chi connectivity index (χ2n) is 6.45. The highest BCUT2D eigenvalue weighted by Gasteiger charge is 2.51. The summed E-state index contributed by atoms with van der Waals surface area (Å²) in [5.74, 6) is 0.879. The van der Waals surface area contributed by atoms with Crippen molar-refractivity contribution in [2.75, 3.05) is 0 Å². The van der Waals surface area contributed by atoms with Crippen LogP contribution in [0.3, 0.4) is 0 Å². The second kappa shape index (κ2) is 5.57. The summed E-state index contributed by atoms with van der Waals surface area (Å²) in [4.78, 5) is 4.36. The van der Waals surface area contributed by atoms with Crippen LogP contribution in [0, 0.1) is 5.82 Å². The van der Waals surface area contributed by atoms with Gasteiger partial charge in [-0.3, -0.25) is 0 Å². The molecular formula is C19H13ClFN5. The molecule has 128 valence electrons. The zero-order chi connectivity index (χ0) is 17.7. The van der Waals surface area contributed by atoms with Gasteiger partial charge >= 0.3 is 0 Å². The Balaban J connectivity index is 1.66. The van der Waals surface area contributed by atoms with Crippen LogP contribution >= 0.6 is 11.6 Å². The summed E-state index contributed by atoms with van der Waals surface area (Å²) in [6.45, 7) is 0. The maximum Gasteiger partial charge on any atom is 0.271 e. The van der Waals surface area contributed by atoms with E-state index in [9.17, 15) is 4.39 Å². The molecule has 4 aromatic rings. The van der Waals surface area contributed by atoms with Crippen molar-refractivity contribution in [2.24, 2.45) is 0 Å². The van der Waals surface area contributed by atoms with E-state index >= 15 is 0 Å². The van der Waals surface area contributed by atoms with Crippen molar-refractivity contribution in [3.8, 4) is 11.3 Å². The van der Waals surface area contributed by atoms with E-state index in [0.717, 1.165) is 29.8 Å². The molecule has 0 radical (unpaired) electrons. The maximum absolute atomic E-state index is 13.2. The van der Waals surface area contributed by atoms with Crippen LogP contribution in [0.25, 0.3) is 17.0 Å². The lowest BCUT2D eigenvalue weighted by Gasteiger charge is -2.15. The third-order valence-electron chi connectivity index (χ3n) is 4.84. The molecule has 0 aliphatic heterocycles. The van der Waals surface area contributed by atoms with Gasteiger partial charge in [0.2, 0.25) is 0 Å². The van der Waals surface area contributed by atoms with Crippen molar-refractivity contribution < 1.29 is 4.39 Å². The summed E-state index contributed by atoms with van der Waals surface area (Å²) >= 11 is 6.43. The first-order valence-electron chi connectivity index (χ1n) is 8.27.